The maximum atomic E-state index is 5.75. The van der Waals surface area contributed by atoms with Crippen LogP contribution in [-0.4, -0.2) is 25.4 Å². The van der Waals surface area contributed by atoms with E-state index < -0.39 is 0 Å². The molecule has 3 N–H and O–H groups in total. The first-order valence-electron chi connectivity index (χ1n) is 6.43. The van der Waals surface area contributed by atoms with Gasteiger partial charge in [-0.2, -0.15) is 0 Å². The molecule has 1 aliphatic heterocycles. The smallest absolute Gasteiger partial charge is 0.125 e. The summed E-state index contributed by atoms with van der Waals surface area (Å²) in [6.45, 7) is 4.81. The number of ether oxygens (including phenoxy) is 2. The van der Waals surface area contributed by atoms with Gasteiger partial charge in [0, 0.05) is 18.0 Å². The molecule has 2 rings (SSSR count). The van der Waals surface area contributed by atoms with E-state index in [2.05, 4.69) is 33.5 Å². The van der Waals surface area contributed by atoms with Gasteiger partial charge in [-0.3, -0.25) is 11.3 Å². The van der Waals surface area contributed by atoms with E-state index in [1.807, 2.05) is 13.8 Å². The summed E-state index contributed by atoms with van der Waals surface area (Å²) < 4.78 is 12.3. The van der Waals surface area contributed by atoms with Crippen LogP contribution in [0.25, 0.3) is 0 Å². The predicted molar refractivity (Wildman–Crippen MR) is 79.2 cm³/mol. The third kappa shape index (κ3) is 3.11. The molecule has 1 aromatic carbocycles. The van der Waals surface area contributed by atoms with E-state index in [0.717, 1.165) is 35.2 Å². The highest BCUT2D eigenvalue weighted by atomic mass is 79.9. The van der Waals surface area contributed by atoms with Crippen LogP contribution in [0.15, 0.2) is 16.6 Å². The summed E-state index contributed by atoms with van der Waals surface area (Å²) in [5.41, 5.74) is 4.93. The van der Waals surface area contributed by atoms with Gasteiger partial charge in [-0.1, -0.05) is 15.9 Å². The Balaban J connectivity index is 2.28. The molecule has 0 saturated heterocycles. The topological polar surface area (TPSA) is 56.5 Å². The Hall–Kier alpha value is -0.620. The van der Waals surface area contributed by atoms with Crippen LogP contribution in [0.1, 0.15) is 25.0 Å². The van der Waals surface area contributed by atoms with Crippen LogP contribution in [0, 0.1) is 0 Å². The van der Waals surface area contributed by atoms with E-state index in [-0.39, 0.29) is 11.6 Å². The van der Waals surface area contributed by atoms with Crippen molar-refractivity contribution in [1.82, 2.24) is 5.43 Å². The summed E-state index contributed by atoms with van der Waals surface area (Å²) in [7, 11) is 1.70. The maximum Gasteiger partial charge on any atom is 0.125 e. The third-order valence-corrected chi connectivity index (χ3v) is 4.27. The Kier molecular flexibility index (Phi) is 4.50. The second-order valence-electron chi connectivity index (χ2n) is 5.38. The fourth-order valence-electron chi connectivity index (χ4n) is 2.37. The SMILES string of the molecule is COC(C)(C)C(Cc1cc(Br)cc2c1OCC2)NN. The molecule has 0 spiro atoms. The average Bonchev–Trinajstić information content (AvgIpc) is 2.83. The fraction of sp³-hybridized carbons (Fsp3) is 0.571. The zero-order valence-corrected chi connectivity index (χ0v) is 13.2. The summed E-state index contributed by atoms with van der Waals surface area (Å²) in [5.74, 6) is 6.69. The van der Waals surface area contributed by atoms with Crippen molar-refractivity contribution in [2.75, 3.05) is 13.7 Å². The molecule has 0 fully saturated rings. The van der Waals surface area contributed by atoms with Gasteiger partial charge in [-0.25, -0.2) is 0 Å². The minimum Gasteiger partial charge on any atom is -0.493 e. The van der Waals surface area contributed by atoms with E-state index in [0.29, 0.717) is 0 Å². The first-order valence-corrected chi connectivity index (χ1v) is 7.22. The second kappa shape index (κ2) is 5.79. The molecule has 0 radical (unpaired) electrons. The van der Waals surface area contributed by atoms with E-state index in [4.69, 9.17) is 15.3 Å². The molecule has 5 heteroatoms. The van der Waals surface area contributed by atoms with Gasteiger partial charge in [-0.05, 0) is 43.5 Å². The zero-order valence-electron chi connectivity index (χ0n) is 11.6. The highest BCUT2D eigenvalue weighted by Gasteiger charge is 2.30. The summed E-state index contributed by atoms with van der Waals surface area (Å²) in [5, 5.41) is 0. The van der Waals surface area contributed by atoms with Gasteiger partial charge < -0.3 is 9.47 Å². The Labute approximate surface area is 122 Å². The number of fused-ring (bicyclic) bond motifs is 1. The number of benzene rings is 1. The van der Waals surface area contributed by atoms with E-state index in [9.17, 15) is 0 Å². The van der Waals surface area contributed by atoms with Crippen molar-refractivity contribution in [1.29, 1.82) is 0 Å². The Morgan fingerprint density at radius 3 is 2.89 bits per heavy atom. The first kappa shape index (κ1) is 14.8. The molecule has 1 aromatic rings. The monoisotopic (exact) mass is 328 g/mol. The zero-order chi connectivity index (χ0) is 14.0. The van der Waals surface area contributed by atoms with Crippen LogP contribution in [0.3, 0.4) is 0 Å². The number of nitrogens with two attached hydrogens (primary N) is 1. The number of halogens is 1. The number of hydrogen-bond donors (Lipinski definition) is 2. The Morgan fingerprint density at radius 1 is 1.53 bits per heavy atom. The number of nitrogens with one attached hydrogen (secondary N) is 1. The van der Waals surface area contributed by atoms with Gasteiger partial charge in [0.05, 0.1) is 18.2 Å². The van der Waals surface area contributed by atoms with E-state index in [1.165, 1.54) is 5.56 Å². The molecule has 1 heterocycles. The van der Waals surface area contributed by atoms with Crippen molar-refractivity contribution in [2.24, 2.45) is 5.84 Å². The summed E-state index contributed by atoms with van der Waals surface area (Å²) in [4.78, 5) is 0. The van der Waals surface area contributed by atoms with Crippen molar-refractivity contribution >= 4 is 15.9 Å². The van der Waals surface area contributed by atoms with Crippen molar-refractivity contribution in [3.63, 3.8) is 0 Å². The largest absolute Gasteiger partial charge is 0.493 e. The van der Waals surface area contributed by atoms with Crippen LogP contribution in [0.2, 0.25) is 0 Å². The molecule has 1 aliphatic rings. The summed E-state index contributed by atoms with van der Waals surface area (Å²) in [6, 6.07) is 4.23. The summed E-state index contributed by atoms with van der Waals surface area (Å²) >= 11 is 3.56. The lowest BCUT2D eigenvalue weighted by molar-refractivity contribution is -0.0102. The minimum absolute atomic E-state index is 0.0140. The van der Waals surface area contributed by atoms with Crippen molar-refractivity contribution in [3.8, 4) is 5.75 Å². The van der Waals surface area contributed by atoms with Crippen LogP contribution in [0.4, 0.5) is 0 Å². The van der Waals surface area contributed by atoms with Gasteiger partial charge in [-0.15, -0.1) is 0 Å². The van der Waals surface area contributed by atoms with Gasteiger partial charge >= 0.3 is 0 Å². The van der Waals surface area contributed by atoms with Crippen LogP contribution < -0.4 is 16.0 Å². The van der Waals surface area contributed by atoms with Crippen molar-refractivity contribution in [2.45, 2.75) is 38.3 Å². The molecule has 1 unspecified atom stereocenters. The molecule has 4 nitrogen and oxygen atoms in total. The van der Waals surface area contributed by atoms with E-state index in [1.54, 1.807) is 7.11 Å². The molecule has 19 heavy (non-hydrogen) atoms. The lowest BCUT2D eigenvalue weighted by Crippen LogP contribution is -2.52. The number of rotatable bonds is 5. The Morgan fingerprint density at radius 2 is 2.26 bits per heavy atom. The summed E-state index contributed by atoms with van der Waals surface area (Å²) in [6.07, 6.45) is 1.73. The average molecular weight is 329 g/mol. The molecule has 0 aromatic heterocycles. The molecule has 1 atom stereocenters. The van der Waals surface area contributed by atoms with Gasteiger partial charge in [0.1, 0.15) is 5.75 Å². The van der Waals surface area contributed by atoms with Crippen LogP contribution in [-0.2, 0) is 17.6 Å². The predicted octanol–water partition coefficient (Wildman–Crippen LogP) is 2.18. The normalized spacial score (nSPS) is 16.1. The van der Waals surface area contributed by atoms with Crippen LogP contribution >= 0.6 is 15.9 Å². The molecular formula is C14H21BrN2O2. The molecule has 0 bridgehead atoms. The fourth-order valence-corrected chi connectivity index (χ4v) is 2.92. The number of hydrazine groups is 1. The lowest BCUT2D eigenvalue weighted by atomic mass is 9.91. The van der Waals surface area contributed by atoms with Crippen LogP contribution in [0.5, 0.6) is 5.75 Å². The van der Waals surface area contributed by atoms with Gasteiger partial charge in [0.15, 0.2) is 0 Å². The molecular weight excluding hydrogens is 308 g/mol. The highest BCUT2D eigenvalue weighted by molar-refractivity contribution is 9.10. The van der Waals surface area contributed by atoms with Crippen molar-refractivity contribution < 1.29 is 9.47 Å². The molecule has 0 saturated carbocycles. The van der Waals surface area contributed by atoms with Crippen molar-refractivity contribution in [3.05, 3.63) is 27.7 Å². The lowest BCUT2D eigenvalue weighted by Gasteiger charge is -2.33. The molecule has 0 aliphatic carbocycles. The minimum atomic E-state index is -0.345. The quantitative estimate of drug-likeness (QED) is 0.642. The molecule has 0 amide bonds. The molecule has 106 valence electrons. The maximum absolute atomic E-state index is 5.75. The van der Waals surface area contributed by atoms with E-state index >= 15 is 0 Å². The highest BCUT2D eigenvalue weighted by Crippen LogP contribution is 2.34. The standard InChI is InChI=1S/C14H21BrN2O2/c1-14(2,18-3)12(17-16)8-10-7-11(15)6-9-4-5-19-13(9)10/h6-7,12,17H,4-5,8,16H2,1-3H3. The van der Waals surface area contributed by atoms with Gasteiger partial charge in [0.2, 0.25) is 0 Å². The third-order valence-electron chi connectivity index (χ3n) is 3.82. The Bertz CT molecular complexity index is 463. The second-order valence-corrected chi connectivity index (χ2v) is 6.30. The number of hydrogen-bond acceptors (Lipinski definition) is 4. The number of methoxy groups -OCH3 is 1. The first-order chi connectivity index (χ1) is 8.97. The van der Waals surface area contributed by atoms with Gasteiger partial charge in [0.25, 0.3) is 0 Å².